The van der Waals surface area contributed by atoms with Gasteiger partial charge in [0.2, 0.25) is 5.91 Å². The summed E-state index contributed by atoms with van der Waals surface area (Å²) in [5, 5.41) is 5.98. The SMILES string of the molecule is CCC1=C(C(=O)N[C@H](C)c2ccc(NC(=O)C3CC3)cc2)CCCO1. The molecule has 25 heavy (non-hydrogen) atoms. The van der Waals surface area contributed by atoms with Crippen LogP contribution in [-0.4, -0.2) is 18.4 Å². The topological polar surface area (TPSA) is 67.4 Å². The summed E-state index contributed by atoms with van der Waals surface area (Å²) >= 11 is 0. The standard InChI is InChI=1S/C20H26N2O3/c1-3-18-17(5-4-12-25-18)20(24)21-13(2)14-8-10-16(11-9-14)22-19(23)15-6-7-15/h8-11,13,15H,3-7,12H2,1-2H3,(H,21,24)(H,22,23)/t13-/m1/s1. The summed E-state index contributed by atoms with van der Waals surface area (Å²) in [6.45, 7) is 4.67. The Morgan fingerprint density at radius 2 is 1.96 bits per heavy atom. The van der Waals surface area contributed by atoms with Crippen LogP contribution in [-0.2, 0) is 14.3 Å². The van der Waals surface area contributed by atoms with E-state index in [1.807, 2.05) is 38.1 Å². The first kappa shape index (κ1) is 17.5. The van der Waals surface area contributed by atoms with Crippen molar-refractivity contribution in [2.24, 2.45) is 5.92 Å². The number of hydrogen-bond acceptors (Lipinski definition) is 3. The summed E-state index contributed by atoms with van der Waals surface area (Å²) < 4.78 is 5.60. The fourth-order valence-electron chi connectivity index (χ4n) is 3.04. The number of carbonyl (C=O) groups is 2. The molecule has 0 aromatic heterocycles. The summed E-state index contributed by atoms with van der Waals surface area (Å²) in [4.78, 5) is 24.3. The lowest BCUT2D eigenvalue weighted by molar-refractivity contribution is -0.119. The van der Waals surface area contributed by atoms with Crippen molar-refractivity contribution in [1.82, 2.24) is 5.32 Å². The van der Waals surface area contributed by atoms with Gasteiger partial charge in [0.1, 0.15) is 5.76 Å². The maximum atomic E-state index is 12.5. The zero-order valence-corrected chi connectivity index (χ0v) is 14.9. The third-order valence-corrected chi connectivity index (χ3v) is 4.75. The molecule has 1 fully saturated rings. The molecule has 5 nitrogen and oxygen atoms in total. The van der Waals surface area contributed by atoms with Crippen LogP contribution >= 0.6 is 0 Å². The Morgan fingerprint density at radius 1 is 1.24 bits per heavy atom. The van der Waals surface area contributed by atoms with Crippen molar-refractivity contribution in [1.29, 1.82) is 0 Å². The Kier molecular flexibility index (Phi) is 5.41. The number of nitrogens with one attached hydrogen (secondary N) is 2. The smallest absolute Gasteiger partial charge is 0.251 e. The van der Waals surface area contributed by atoms with Crippen LogP contribution in [0.5, 0.6) is 0 Å². The Balaban J connectivity index is 1.60. The largest absolute Gasteiger partial charge is 0.497 e. The molecule has 1 saturated carbocycles. The van der Waals surface area contributed by atoms with Gasteiger partial charge < -0.3 is 15.4 Å². The summed E-state index contributed by atoms with van der Waals surface area (Å²) in [5.74, 6) is 1.06. The molecule has 1 aromatic rings. The molecule has 0 bridgehead atoms. The minimum atomic E-state index is -0.104. The van der Waals surface area contributed by atoms with Crippen molar-refractivity contribution in [2.75, 3.05) is 11.9 Å². The first-order valence-electron chi connectivity index (χ1n) is 9.15. The minimum Gasteiger partial charge on any atom is -0.497 e. The van der Waals surface area contributed by atoms with Crippen LogP contribution in [0, 0.1) is 5.92 Å². The molecule has 1 atom stereocenters. The van der Waals surface area contributed by atoms with Gasteiger partial charge in [-0.05, 0) is 50.3 Å². The normalized spacial score (nSPS) is 18.3. The molecule has 0 unspecified atom stereocenters. The Hall–Kier alpha value is -2.30. The third kappa shape index (κ3) is 4.41. The number of hydrogen-bond donors (Lipinski definition) is 2. The number of allylic oxidation sites excluding steroid dienone is 1. The number of benzene rings is 1. The van der Waals surface area contributed by atoms with Crippen molar-refractivity contribution in [3.63, 3.8) is 0 Å². The maximum Gasteiger partial charge on any atom is 0.251 e. The van der Waals surface area contributed by atoms with Gasteiger partial charge in [0, 0.05) is 18.0 Å². The number of ether oxygens (including phenoxy) is 1. The lowest BCUT2D eigenvalue weighted by Crippen LogP contribution is -2.30. The number of carbonyl (C=O) groups excluding carboxylic acids is 2. The molecule has 0 saturated heterocycles. The van der Waals surface area contributed by atoms with E-state index in [9.17, 15) is 9.59 Å². The van der Waals surface area contributed by atoms with Crippen molar-refractivity contribution in [2.45, 2.75) is 52.0 Å². The van der Waals surface area contributed by atoms with Gasteiger partial charge in [-0.3, -0.25) is 9.59 Å². The fraction of sp³-hybridized carbons (Fsp3) is 0.500. The predicted octanol–water partition coefficient (Wildman–Crippen LogP) is 3.69. The van der Waals surface area contributed by atoms with E-state index < -0.39 is 0 Å². The van der Waals surface area contributed by atoms with Crippen LogP contribution < -0.4 is 10.6 Å². The van der Waals surface area contributed by atoms with Crippen molar-refractivity contribution in [3.05, 3.63) is 41.2 Å². The Morgan fingerprint density at radius 3 is 2.60 bits per heavy atom. The molecule has 1 aliphatic heterocycles. The van der Waals surface area contributed by atoms with Crippen molar-refractivity contribution < 1.29 is 14.3 Å². The van der Waals surface area contributed by atoms with Crippen LogP contribution in [0.3, 0.4) is 0 Å². The van der Waals surface area contributed by atoms with Gasteiger partial charge in [-0.25, -0.2) is 0 Å². The summed E-state index contributed by atoms with van der Waals surface area (Å²) in [5.41, 5.74) is 2.58. The molecule has 1 aromatic carbocycles. The van der Waals surface area contributed by atoms with Crippen LogP contribution in [0.4, 0.5) is 5.69 Å². The zero-order chi connectivity index (χ0) is 17.8. The fourth-order valence-corrected chi connectivity index (χ4v) is 3.04. The number of anilines is 1. The summed E-state index contributed by atoms with van der Waals surface area (Å²) in [7, 11) is 0. The van der Waals surface area contributed by atoms with E-state index in [0.29, 0.717) is 6.61 Å². The molecule has 1 aliphatic carbocycles. The molecular formula is C20H26N2O3. The first-order chi connectivity index (χ1) is 12.1. The Labute approximate surface area is 148 Å². The highest BCUT2D eigenvalue weighted by Gasteiger charge is 2.29. The van der Waals surface area contributed by atoms with Crippen molar-refractivity contribution in [3.8, 4) is 0 Å². The van der Waals surface area contributed by atoms with Gasteiger partial charge in [-0.15, -0.1) is 0 Å². The lowest BCUT2D eigenvalue weighted by Gasteiger charge is -2.22. The maximum absolute atomic E-state index is 12.5. The van der Waals surface area contributed by atoms with Gasteiger partial charge in [0.15, 0.2) is 0 Å². The van der Waals surface area contributed by atoms with E-state index >= 15 is 0 Å². The highest BCUT2D eigenvalue weighted by atomic mass is 16.5. The summed E-state index contributed by atoms with van der Waals surface area (Å²) in [6.07, 6.45) is 4.38. The van der Waals surface area contributed by atoms with Crippen LogP contribution in [0.2, 0.25) is 0 Å². The second-order valence-corrected chi connectivity index (χ2v) is 6.79. The number of rotatable bonds is 6. The molecule has 134 valence electrons. The molecule has 0 radical (unpaired) electrons. The molecule has 2 N–H and O–H groups in total. The summed E-state index contributed by atoms with van der Waals surface area (Å²) in [6, 6.07) is 7.56. The monoisotopic (exact) mass is 342 g/mol. The van der Waals surface area contributed by atoms with Crippen LogP contribution in [0.25, 0.3) is 0 Å². The Bertz CT molecular complexity index is 675. The van der Waals surface area contributed by atoms with Gasteiger partial charge in [0.05, 0.1) is 18.2 Å². The van der Waals surface area contributed by atoms with E-state index in [-0.39, 0.29) is 23.8 Å². The van der Waals surface area contributed by atoms with E-state index in [2.05, 4.69) is 10.6 Å². The zero-order valence-electron chi connectivity index (χ0n) is 14.9. The van der Waals surface area contributed by atoms with E-state index in [4.69, 9.17) is 4.74 Å². The molecule has 1 heterocycles. The van der Waals surface area contributed by atoms with E-state index in [1.165, 1.54) is 0 Å². The van der Waals surface area contributed by atoms with Gasteiger partial charge in [-0.2, -0.15) is 0 Å². The quantitative estimate of drug-likeness (QED) is 0.828. The average molecular weight is 342 g/mol. The lowest BCUT2D eigenvalue weighted by atomic mass is 10.0. The molecular weight excluding hydrogens is 316 g/mol. The van der Waals surface area contributed by atoms with Crippen molar-refractivity contribution >= 4 is 17.5 Å². The van der Waals surface area contributed by atoms with Gasteiger partial charge >= 0.3 is 0 Å². The molecule has 0 spiro atoms. The number of amides is 2. The predicted molar refractivity (Wildman–Crippen MR) is 96.9 cm³/mol. The average Bonchev–Trinajstić information content (AvgIpc) is 3.47. The van der Waals surface area contributed by atoms with Crippen LogP contribution in [0.1, 0.15) is 57.6 Å². The third-order valence-electron chi connectivity index (χ3n) is 4.75. The highest BCUT2D eigenvalue weighted by molar-refractivity contribution is 5.94. The molecule has 2 aliphatic rings. The molecule has 5 heteroatoms. The van der Waals surface area contributed by atoms with Crippen LogP contribution in [0.15, 0.2) is 35.6 Å². The van der Waals surface area contributed by atoms with E-state index in [1.54, 1.807) is 0 Å². The second-order valence-electron chi connectivity index (χ2n) is 6.79. The molecule has 2 amide bonds. The van der Waals surface area contributed by atoms with Gasteiger partial charge in [-0.1, -0.05) is 19.1 Å². The van der Waals surface area contributed by atoms with E-state index in [0.717, 1.165) is 54.7 Å². The first-order valence-corrected chi connectivity index (χ1v) is 9.15. The second kappa shape index (κ2) is 7.72. The molecule has 3 rings (SSSR count). The van der Waals surface area contributed by atoms with Gasteiger partial charge in [0.25, 0.3) is 5.91 Å². The highest BCUT2D eigenvalue weighted by Crippen LogP contribution is 2.30. The minimum absolute atomic E-state index is 0.0461.